The number of rotatable bonds is 3. The summed E-state index contributed by atoms with van der Waals surface area (Å²) in [6, 6.07) is 3.08. The predicted octanol–water partition coefficient (Wildman–Crippen LogP) is 3.70. The topological polar surface area (TPSA) is 36.3 Å². The molecule has 0 radical (unpaired) electrons. The van der Waals surface area contributed by atoms with Gasteiger partial charge in [0.25, 0.3) is 0 Å². The maximum Gasteiger partial charge on any atom is 0.0672 e. The van der Waals surface area contributed by atoms with Gasteiger partial charge >= 0.3 is 0 Å². The van der Waals surface area contributed by atoms with Gasteiger partial charge in [0.1, 0.15) is 0 Å². The second kappa shape index (κ2) is 7.11. The molecule has 2 aliphatic rings. The molecule has 0 amide bonds. The molecular formula is C18H32N2O. The zero-order valence-corrected chi connectivity index (χ0v) is 14.3. The molecule has 2 fully saturated rings. The Bertz CT molecular complexity index is 360. The molecule has 1 saturated carbocycles. The van der Waals surface area contributed by atoms with Gasteiger partial charge in [0, 0.05) is 19.8 Å². The van der Waals surface area contributed by atoms with Crippen LogP contribution in [0.3, 0.4) is 0 Å². The first-order chi connectivity index (χ1) is 9.95. The minimum atomic E-state index is 0.238. The Morgan fingerprint density at radius 1 is 1.14 bits per heavy atom. The van der Waals surface area contributed by atoms with Crippen molar-refractivity contribution in [1.29, 1.82) is 5.26 Å². The lowest BCUT2D eigenvalue weighted by molar-refractivity contribution is 0.0265. The highest BCUT2D eigenvalue weighted by Gasteiger charge is 2.39. The molecule has 3 nitrogen and oxygen atoms in total. The van der Waals surface area contributed by atoms with Gasteiger partial charge in [-0.05, 0) is 62.4 Å². The molecule has 1 aliphatic heterocycles. The smallest absolute Gasteiger partial charge is 0.0672 e. The summed E-state index contributed by atoms with van der Waals surface area (Å²) in [7, 11) is 1.80. The lowest BCUT2D eigenvalue weighted by atomic mass is 9.67. The van der Waals surface area contributed by atoms with Crippen LogP contribution in [0.15, 0.2) is 0 Å². The van der Waals surface area contributed by atoms with E-state index in [1.807, 2.05) is 0 Å². The van der Waals surface area contributed by atoms with E-state index < -0.39 is 0 Å². The minimum absolute atomic E-state index is 0.238. The quantitative estimate of drug-likeness (QED) is 0.796. The van der Waals surface area contributed by atoms with Crippen LogP contribution in [-0.2, 0) is 4.74 Å². The predicted molar refractivity (Wildman–Crippen MR) is 85.9 cm³/mol. The summed E-state index contributed by atoms with van der Waals surface area (Å²) in [5.41, 5.74) is 0.368. The second-order valence-corrected chi connectivity index (χ2v) is 8.11. The molecule has 0 bridgehead atoms. The molecule has 21 heavy (non-hydrogen) atoms. The van der Waals surface area contributed by atoms with Crippen LogP contribution in [0.25, 0.3) is 0 Å². The Hall–Kier alpha value is -0.590. The van der Waals surface area contributed by atoms with Crippen LogP contribution in [0.5, 0.6) is 0 Å². The summed E-state index contributed by atoms with van der Waals surface area (Å²) in [4.78, 5) is 2.61. The van der Waals surface area contributed by atoms with E-state index in [-0.39, 0.29) is 5.92 Å². The van der Waals surface area contributed by atoms with Crippen LogP contribution in [-0.4, -0.2) is 37.7 Å². The third kappa shape index (κ3) is 4.20. The van der Waals surface area contributed by atoms with E-state index in [1.165, 1.54) is 25.7 Å². The number of likely N-dealkylation sites (tertiary alicyclic amines) is 1. The summed E-state index contributed by atoms with van der Waals surface area (Å²) in [6.45, 7) is 10.2. The van der Waals surface area contributed by atoms with Crippen molar-refractivity contribution >= 4 is 0 Å². The van der Waals surface area contributed by atoms with Crippen molar-refractivity contribution in [3.8, 4) is 6.07 Å². The van der Waals surface area contributed by atoms with Crippen LogP contribution in [0.2, 0.25) is 0 Å². The number of ether oxygens (including phenoxy) is 1. The lowest BCUT2D eigenvalue weighted by Crippen LogP contribution is -2.49. The third-order valence-corrected chi connectivity index (χ3v) is 5.73. The molecule has 1 heterocycles. The standard InChI is InChI=1S/C18H32N2O/c1-18(2,3)16-6-5-15(12-19)17(11-16)20-9-7-14(8-10-20)13-21-4/h14-17H,5-11,13H2,1-4H3. The highest BCUT2D eigenvalue weighted by Crippen LogP contribution is 2.42. The van der Waals surface area contributed by atoms with Gasteiger partial charge < -0.3 is 4.74 Å². The van der Waals surface area contributed by atoms with Crippen molar-refractivity contribution in [1.82, 2.24) is 4.90 Å². The van der Waals surface area contributed by atoms with Gasteiger partial charge in [0.2, 0.25) is 0 Å². The molecule has 0 N–H and O–H groups in total. The van der Waals surface area contributed by atoms with E-state index in [0.717, 1.165) is 32.0 Å². The van der Waals surface area contributed by atoms with Crippen molar-refractivity contribution < 1.29 is 4.74 Å². The molecule has 120 valence electrons. The van der Waals surface area contributed by atoms with Gasteiger partial charge in [-0.1, -0.05) is 20.8 Å². The fraction of sp³-hybridized carbons (Fsp3) is 0.944. The second-order valence-electron chi connectivity index (χ2n) is 8.11. The Balaban J connectivity index is 1.97. The van der Waals surface area contributed by atoms with Crippen LogP contribution in [0.4, 0.5) is 0 Å². The Kier molecular flexibility index (Phi) is 5.68. The van der Waals surface area contributed by atoms with Gasteiger partial charge in [-0.3, -0.25) is 4.90 Å². The first kappa shape index (κ1) is 16.8. The lowest BCUT2D eigenvalue weighted by Gasteiger charge is -2.46. The van der Waals surface area contributed by atoms with Crippen molar-refractivity contribution in [2.24, 2.45) is 23.2 Å². The van der Waals surface area contributed by atoms with E-state index in [0.29, 0.717) is 17.4 Å². The van der Waals surface area contributed by atoms with Gasteiger partial charge in [0.05, 0.1) is 12.0 Å². The Labute approximate surface area is 130 Å². The maximum atomic E-state index is 9.52. The first-order valence-corrected chi connectivity index (χ1v) is 8.58. The number of hydrogen-bond acceptors (Lipinski definition) is 3. The molecule has 1 aliphatic carbocycles. The number of methoxy groups -OCH3 is 1. The molecule has 0 aromatic carbocycles. The molecular weight excluding hydrogens is 260 g/mol. The fourth-order valence-electron chi connectivity index (χ4n) is 4.17. The molecule has 0 aromatic heterocycles. The van der Waals surface area contributed by atoms with Crippen molar-refractivity contribution in [2.75, 3.05) is 26.8 Å². The number of nitrogens with zero attached hydrogens (tertiary/aromatic N) is 2. The van der Waals surface area contributed by atoms with E-state index in [9.17, 15) is 5.26 Å². The number of hydrogen-bond donors (Lipinski definition) is 0. The van der Waals surface area contributed by atoms with Crippen LogP contribution in [0, 0.1) is 34.5 Å². The monoisotopic (exact) mass is 292 g/mol. The summed E-state index contributed by atoms with van der Waals surface area (Å²) in [6.07, 6.45) is 5.96. The molecule has 3 unspecified atom stereocenters. The Morgan fingerprint density at radius 2 is 1.81 bits per heavy atom. The molecule has 0 spiro atoms. The summed E-state index contributed by atoms with van der Waals surface area (Å²) >= 11 is 0. The molecule has 3 atom stereocenters. The average molecular weight is 292 g/mol. The van der Waals surface area contributed by atoms with Crippen molar-refractivity contribution in [2.45, 2.75) is 58.9 Å². The fourth-order valence-corrected chi connectivity index (χ4v) is 4.17. The van der Waals surface area contributed by atoms with Gasteiger partial charge in [-0.15, -0.1) is 0 Å². The SMILES string of the molecule is COCC1CCN(C2CC(C(C)(C)C)CCC2C#N)CC1. The number of nitriles is 1. The first-order valence-electron chi connectivity index (χ1n) is 8.58. The summed E-state index contributed by atoms with van der Waals surface area (Å²) in [5.74, 6) is 1.71. The molecule has 0 aromatic rings. The molecule has 2 rings (SSSR count). The largest absolute Gasteiger partial charge is 0.384 e. The van der Waals surface area contributed by atoms with E-state index in [4.69, 9.17) is 4.74 Å². The van der Waals surface area contributed by atoms with Gasteiger partial charge in [-0.2, -0.15) is 5.26 Å². The van der Waals surface area contributed by atoms with Crippen LogP contribution in [0.1, 0.15) is 52.9 Å². The normalized spacial score (nSPS) is 32.8. The Morgan fingerprint density at radius 3 is 2.33 bits per heavy atom. The highest BCUT2D eigenvalue weighted by atomic mass is 16.5. The summed E-state index contributed by atoms with van der Waals surface area (Å²) < 4.78 is 5.30. The van der Waals surface area contributed by atoms with Crippen molar-refractivity contribution in [3.63, 3.8) is 0 Å². The van der Waals surface area contributed by atoms with Crippen LogP contribution >= 0.6 is 0 Å². The minimum Gasteiger partial charge on any atom is -0.384 e. The highest BCUT2D eigenvalue weighted by molar-refractivity contribution is 5.00. The zero-order valence-electron chi connectivity index (χ0n) is 14.3. The van der Waals surface area contributed by atoms with E-state index in [2.05, 4.69) is 31.7 Å². The van der Waals surface area contributed by atoms with Gasteiger partial charge in [0.15, 0.2) is 0 Å². The van der Waals surface area contributed by atoms with E-state index >= 15 is 0 Å². The third-order valence-electron chi connectivity index (χ3n) is 5.73. The van der Waals surface area contributed by atoms with E-state index in [1.54, 1.807) is 7.11 Å². The maximum absolute atomic E-state index is 9.52. The number of piperidine rings is 1. The zero-order chi connectivity index (χ0) is 15.5. The summed E-state index contributed by atoms with van der Waals surface area (Å²) in [5, 5.41) is 9.52. The van der Waals surface area contributed by atoms with Gasteiger partial charge in [-0.25, -0.2) is 0 Å². The molecule has 3 heteroatoms. The average Bonchev–Trinajstić information content (AvgIpc) is 2.47. The van der Waals surface area contributed by atoms with Crippen molar-refractivity contribution in [3.05, 3.63) is 0 Å². The van der Waals surface area contributed by atoms with Crippen LogP contribution < -0.4 is 0 Å². The molecule has 1 saturated heterocycles.